The predicted octanol–water partition coefficient (Wildman–Crippen LogP) is 6.11. The number of amides is 1. The molecular weight excluding hydrogens is 491 g/mol. The number of aromatic nitrogens is 1. The van der Waals surface area contributed by atoms with Crippen LogP contribution in [0.3, 0.4) is 0 Å². The smallest absolute Gasteiger partial charge is 0.301 e. The van der Waals surface area contributed by atoms with Crippen molar-refractivity contribution < 1.29 is 23.8 Å². The van der Waals surface area contributed by atoms with Gasteiger partial charge in [-0.1, -0.05) is 41.1 Å². The Morgan fingerprint density at radius 3 is 2.60 bits per heavy atom. The number of anilines is 1. The van der Waals surface area contributed by atoms with Crippen LogP contribution in [0.25, 0.3) is 16.0 Å². The summed E-state index contributed by atoms with van der Waals surface area (Å²) in [6.45, 7) is 2.32. The van der Waals surface area contributed by atoms with Crippen LogP contribution in [0, 0.1) is 5.82 Å². The number of nitrogens with zero attached hydrogens (tertiary/aromatic N) is 2. The van der Waals surface area contributed by atoms with E-state index in [9.17, 15) is 14.7 Å². The zero-order valence-corrected chi connectivity index (χ0v) is 19.9. The molecule has 176 valence electrons. The molecule has 3 aromatic carbocycles. The molecule has 1 aliphatic rings. The van der Waals surface area contributed by atoms with Gasteiger partial charge >= 0.3 is 5.91 Å². The van der Waals surface area contributed by atoms with Gasteiger partial charge in [0.15, 0.2) is 5.13 Å². The number of ether oxygens (including phenoxy) is 1. The van der Waals surface area contributed by atoms with E-state index < -0.39 is 29.3 Å². The molecule has 0 spiro atoms. The summed E-state index contributed by atoms with van der Waals surface area (Å²) in [4.78, 5) is 32.1. The molecule has 0 radical (unpaired) electrons. The van der Waals surface area contributed by atoms with E-state index in [1.54, 1.807) is 48.5 Å². The molecule has 1 fully saturated rings. The zero-order chi connectivity index (χ0) is 24.7. The molecule has 1 unspecified atom stereocenters. The summed E-state index contributed by atoms with van der Waals surface area (Å²) in [6, 6.07) is 16.1. The number of ketones is 1. The van der Waals surface area contributed by atoms with Crippen molar-refractivity contribution in [2.24, 2.45) is 0 Å². The number of carbonyl (C=O) groups is 2. The summed E-state index contributed by atoms with van der Waals surface area (Å²) in [5.41, 5.74) is 0.719. The van der Waals surface area contributed by atoms with Crippen LogP contribution >= 0.6 is 22.9 Å². The SMILES string of the molecule is CCOc1ccc(C(O)=C2C(=O)C(=O)N(c3nc4ccc(Cl)cc4s3)C2c2ccccc2F)cc1. The van der Waals surface area contributed by atoms with Crippen LogP contribution in [0.2, 0.25) is 5.02 Å². The van der Waals surface area contributed by atoms with Gasteiger partial charge in [0, 0.05) is 16.1 Å². The minimum absolute atomic E-state index is 0.0662. The van der Waals surface area contributed by atoms with Gasteiger partial charge in [-0.25, -0.2) is 9.37 Å². The van der Waals surface area contributed by atoms with Gasteiger partial charge < -0.3 is 9.84 Å². The van der Waals surface area contributed by atoms with Crippen LogP contribution in [0.5, 0.6) is 5.75 Å². The first-order valence-electron chi connectivity index (χ1n) is 10.7. The molecule has 1 atom stereocenters. The number of aliphatic hydroxyl groups is 1. The topological polar surface area (TPSA) is 79.7 Å². The predicted molar refractivity (Wildman–Crippen MR) is 133 cm³/mol. The summed E-state index contributed by atoms with van der Waals surface area (Å²) < 4.78 is 21.1. The Kier molecular flexibility index (Phi) is 6.00. The average Bonchev–Trinajstić information content (AvgIpc) is 3.37. The molecule has 4 aromatic rings. The standard InChI is InChI=1S/C26H18ClFN2O4S/c1-2-34-16-10-7-14(8-11-16)23(31)21-22(17-5-3-4-6-18(17)28)30(25(33)24(21)32)26-29-19-12-9-15(27)13-20(19)35-26/h3-13,22,31H,2H2,1H3. The van der Waals surface area contributed by atoms with Crippen LogP contribution in [-0.2, 0) is 9.59 Å². The number of hydrogen-bond acceptors (Lipinski definition) is 6. The number of aliphatic hydroxyl groups excluding tert-OH is 1. The summed E-state index contributed by atoms with van der Waals surface area (Å²) >= 11 is 7.24. The maximum atomic E-state index is 15.0. The molecular formula is C26H18ClFN2O4S. The molecule has 1 aromatic heterocycles. The summed E-state index contributed by atoms with van der Waals surface area (Å²) in [5.74, 6) is -2.28. The number of Topliss-reactive ketones (excluding diaryl/α,β-unsaturated/α-hetero) is 1. The van der Waals surface area contributed by atoms with Crippen LogP contribution < -0.4 is 9.64 Å². The zero-order valence-electron chi connectivity index (χ0n) is 18.4. The van der Waals surface area contributed by atoms with Gasteiger partial charge in [-0.2, -0.15) is 0 Å². The minimum atomic E-state index is -1.21. The van der Waals surface area contributed by atoms with Gasteiger partial charge in [0.05, 0.1) is 22.4 Å². The van der Waals surface area contributed by atoms with E-state index in [-0.39, 0.29) is 16.3 Å². The molecule has 5 rings (SSSR count). The van der Waals surface area contributed by atoms with E-state index in [1.165, 1.54) is 18.2 Å². The van der Waals surface area contributed by atoms with Gasteiger partial charge in [-0.3, -0.25) is 14.5 Å². The quantitative estimate of drug-likeness (QED) is 0.200. The van der Waals surface area contributed by atoms with E-state index in [2.05, 4.69) is 4.98 Å². The molecule has 0 bridgehead atoms. The number of benzene rings is 3. The van der Waals surface area contributed by atoms with E-state index in [4.69, 9.17) is 16.3 Å². The highest BCUT2D eigenvalue weighted by Gasteiger charge is 2.49. The number of carbonyl (C=O) groups excluding carboxylic acids is 2. The highest BCUT2D eigenvalue weighted by molar-refractivity contribution is 7.22. The van der Waals surface area contributed by atoms with Crippen molar-refractivity contribution in [3.63, 3.8) is 0 Å². The molecule has 9 heteroatoms. The lowest BCUT2D eigenvalue weighted by molar-refractivity contribution is -0.132. The second kappa shape index (κ2) is 9.13. The Morgan fingerprint density at radius 2 is 1.89 bits per heavy atom. The lowest BCUT2D eigenvalue weighted by Crippen LogP contribution is -2.29. The van der Waals surface area contributed by atoms with E-state index in [0.29, 0.717) is 33.2 Å². The molecule has 0 aliphatic carbocycles. The third-order valence-corrected chi connectivity index (χ3v) is 6.88. The third kappa shape index (κ3) is 4.05. The van der Waals surface area contributed by atoms with Gasteiger partial charge in [-0.15, -0.1) is 0 Å². The van der Waals surface area contributed by atoms with Gasteiger partial charge in [0.25, 0.3) is 5.78 Å². The van der Waals surface area contributed by atoms with Crippen LogP contribution in [0.1, 0.15) is 24.1 Å². The normalized spacial score (nSPS) is 17.3. The Labute approximate surface area is 208 Å². The molecule has 6 nitrogen and oxygen atoms in total. The molecule has 1 saturated heterocycles. The fourth-order valence-electron chi connectivity index (χ4n) is 4.04. The van der Waals surface area contributed by atoms with Crippen molar-refractivity contribution in [3.8, 4) is 5.75 Å². The maximum absolute atomic E-state index is 15.0. The van der Waals surface area contributed by atoms with E-state index in [1.807, 2.05) is 6.92 Å². The molecule has 35 heavy (non-hydrogen) atoms. The highest BCUT2D eigenvalue weighted by atomic mass is 35.5. The van der Waals surface area contributed by atoms with Crippen LogP contribution in [0.4, 0.5) is 9.52 Å². The number of rotatable bonds is 5. The van der Waals surface area contributed by atoms with E-state index in [0.717, 1.165) is 16.2 Å². The largest absolute Gasteiger partial charge is 0.507 e. The summed E-state index contributed by atoms with van der Waals surface area (Å²) in [7, 11) is 0. The minimum Gasteiger partial charge on any atom is -0.507 e. The average molecular weight is 509 g/mol. The molecule has 1 amide bonds. The van der Waals surface area contributed by atoms with Gasteiger partial charge in [0.2, 0.25) is 0 Å². The Hall–Kier alpha value is -3.75. The van der Waals surface area contributed by atoms with Crippen LogP contribution in [0.15, 0.2) is 72.3 Å². The second-order valence-electron chi connectivity index (χ2n) is 7.76. The molecule has 1 N–H and O–H groups in total. The summed E-state index contributed by atoms with van der Waals surface area (Å²) in [5, 5.41) is 11.9. The van der Waals surface area contributed by atoms with E-state index >= 15 is 4.39 Å². The molecule has 2 heterocycles. The van der Waals surface area contributed by atoms with Gasteiger partial charge in [-0.05, 0) is 55.5 Å². The molecule has 0 saturated carbocycles. The lowest BCUT2D eigenvalue weighted by Gasteiger charge is -2.23. The Morgan fingerprint density at radius 1 is 1.14 bits per heavy atom. The fraction of sp³-hybridized carbons (Fsp3) is 0.115. The first-order valence-corrected chi connectivity index (χ1v) is 11.9. The first-order chi connectivity index (χ1) is 16.9. The Balaban J connectivity index is 1.70. The first kappa shape index (κ1) is 23.0. The number of thiazole rings is 1. The van der Waals surface area contributed by atoms with Crippen molar-refractivity contribution in [1.82, 2.24) is 4.98 Å². The Bertz CT molecular complexity index is 1500. The van der Waals surface area contributed by atoms with Crippen molar-refractivity contribution >= 4 is 55.7 Å². The third-order valence-electron chi connectivity index (χ3n) is 5.63. The van der Waals surface area contributed by atoms with Gasteiger partial charge in [0.1, 0.15) is 23.4 Å². The number of halogens is 2. The number of hydrogen-bond donors (Lipinski definition) is 1. The molecule has 1 aliphatic heterocycles. The lowest BCUT2D eigenvalue weighted by atomic mass is 9.95. The van der Waals surface area contributed by atoms with Crippen molar-refractivity contribution in [2.75, 3.05) is 11.5 Å². The van der Waals surface area contributed by atoms with Crippen molar-refractivity contribution in [1.29, 1.82) is 0 Å². The van der Waals surface area contributed by atoms with Crippen LogP contribution in [-0.4, -0.2) is 28.4 Å². The highest BCUT2D eigenvalue weighted by Crippen LogP contribution is 2.45. The monoisotopic (exact) mass is 508 g/mol. The maximum Gasteiger partial charge on any atom is 0.301 e. The van der Waals surface area contributed by atoms with Crippen molar-refractivity contribution in [2.45, 2.75) is 13.0 Å². The fourth-order valence-corrected chi connectivity index (χ4v) is 5.31. The summed E-state index contributed by atoms with van der Waals surface area (Å²) in [6.07, 6.45) is 0. The number of fused-ring (bicyclic) bond motifs is 1. The second-order valence-corrected chi connectivity index (χ2v) is 9.20. The van der Waals surface area contributed by atoms with Crippen molar-refractivity contribution in [3.05, 3.63) is 94.3 Å².